The topological polar surface area (TPSA) is 83.0 Å². The normalized spacial score (nSPS) is 11.8. The lowest BCUT2D eigenvalue weighted by molar-refractivity contribution is 0.590. The molecule has 2 N–H and O–H groups in total. The highest BCUT2D eigenvalue weighted by atomic mass is 16.1. The van der Waals surface area contributed by atoms with Crippen LogP contribution >= 0.6 is 0 Å². The molecule has 1 aromatic carbocycles. The van der Waals surface area contributed by atoms with E-state index in [-0.39, 0.29) is 16.9 Å². The Kier molecular flexibility index (Phi) is 4.16. The third kappa shape index (κ3) is 3.98. The summed E-state index contributed by atoms with van der Waals surface area (Å²) in [7, 11) is 0. The monoisotopic (exact) mass is 285 g/mol. The number of benzene rings is 1. The van der Waals surface area contributed by atoms with E-state index < -0.39 is 0 Å². The van der Waals surface area contributed by atoms with Crippen LogP contribution in [0.15, 0.2) is 34.2 Å². The maximum atomic E-state index is 11.4. The minimum absolute atomic E-state index is 0.130. The maximum Gasteiger partial charge on any atom is 0.274 e. The van der Waals surface area contributed by atoms with Crippen LogP contribution in [0.1, 0.15) is 37.6 Å². The molecular formula is C15H19N5O. The molecule has 0 atom stereocenters. The Hall–Kier alpha value is -2.50. The van der Waals surface area contributed by atoms with Crippen molar-refractivity contribution in [2.75, 3.05) is 5.43 Å². The van der Waals surface area contributed by atoms with E-state index in [0.29, 0.717) is 5.69 Å². The molecule has 0 saturated carbocycles. The van der Waals surface area contributed by atoms with Gasteiger partial charge in [-0.25, -0.2) is 5.43 Å². The van der Waals surface area contributed by atoms with Crippen LogP contribution in [0.4, 0.5) is 5.95 Å². The number of hydrogen-bond donors (Lipinski definition) is 2. The van der Waals surface area contributed by atoms with E-state index in [0.717, 1.165) is 5.56 Å². The summed E-state index contributed by atoms with van der Waals surface area (Å²) in [4.78, 5) is 13.9. The molecule has 21 heavy (non-hydrogen) atoms. The van der Waals surface area contributed by atoms with Gasteiger partial charge in [0, 0.05) is 0 Å². The van der Waals surface area contributed by atoms with Crippen molar-refractivity contribution in [1.82, 2.24) is 15.2 Å². The molecule has 0 aliphatic carbocycles. The number of aromatic amines is 1. The van der Waals surface area contributed by atoms with Gasteiger partial charge >= 0.3 is 0 Å². The quantitative estimate of drug-likeness (QED) is 0.669. The molecule has 0 aliphatic heterocycles. The second-order valence-corrected chi connectivity index (χ2v) is 5.83. The zero-order valence-corrected chi connectivity index (χ0v) is 12.6. The fraction of sp³-hybridized carbons (Fsp3) is 0.333. The molecule has 0 saturated heterocycles. The average Bonchev–Trinajstić information content (AvgIpc) is 2.42. The van der Waals surface area contributed by atoms with Gasteiger partial charge in [0.2, 0.25) is 5.95 Å². The van der Waals surface area contributed by atoms with Crippen LogP contribution < -0.4 is 11.0 Å². The van der Waals surface area contributed by atoms with Crippen LogP contribution in [0, 0.1) is 6.92 Å². The molecule has 0 amide bonds. The van der Waals surface area contributed by atoms with Gasteiger partial charge in [0.15, 0.2) is 0 Å². The Morgan fingerprint density at radius 1 is 1.19 bits per heavy atom. The first kappa shape index (κ1) is 14.9. The summed E-state index contributed by atoms with van der Waals surface area (Å²) in [6.45, 7) is 8.10. The van der Waals surface area contributed by atoms with Crippen molar-refractivity contribution >= 4 is 12.2 Å². The van der Waals surface area contributed by atoms with E-state index in [1.165, 1.54) is 5.56 Å². The number of rotatable bonds is 3. The molecule has 1 heterocycles. The number of hydrazone groups is 1. The van der Waals surface area contributed by atoms with Crippen LogP contribution in [0.2, 0.25) is 0 Å². The van der Waals surface area contributed by atoms with Crippen LogP contribution in [0.3, 0.4) is 0 Å². The van der Waals surface area contributed by atoms with Crippen LogP contribution in [-0.2, 0) is 5.41 Å². The summed E-state index contributed by atoms with van der Waals surface area (Å²) in [6.07, 6.45) is 1.66. The summed E-state index contributed by atoms with van der Waals surface area (Å²) in [5, 5.41) is 11.5. The Labute approximate surface area is 123 Å². The highest BCUT2D eigenvalue weighted by molar-refractivity contribution is 5.80. The van der Waals surface area contributed by atoms with Crippen LogP contribution in [-0.4, -0.2) is 21.4 Å². The van der Waals surface area contributed by atoms with Crippen molar-refractivity contribution in [3.8, 4) is 0 Å². The van der Waals surface area contributed by atoms with E-state index in [4.69, 9.17) is 0 Å². The number of aryl methyl sites for hydroxylation is 1. The summed E-state index contributed by atoms with van der Waals surface area (Å²) >= 11 is 0. The predicted molar refractivity (Wildman–Crippen MR) is 83.7 cm³/mol. The summed E-state index contributed by atoms with van der Waals surface area (Å²) < 4.78 is 0. The standard InChI is InChI=1S/C15H19N5O/c1-10-13(21)17-14(20-18-10)19-16-9-11-5-7-12(8-6-11)15(2,3)4/h5-9H,1-4H3,(H2,17,19,20,21). The summed E-state index contributed by atoms with van der Waals surface area (Å²) in [5.41, 5.74) is 5.04. The highest BCUT2D eigenvalue weighted by Crippen LogP contribution is 2.21. The van der Waals surface area contributed by atoms with Gasteiger partial charge in [-0.15, -0.1) is 10.2 Å². The zero-order valence-electron chi connectivity index (χ0n) is 12.6. The van der Waals surface area contributed by atoms with E-state index >= 15 is 0 Å². The molecule has 6 nitrogen and oxygen atoms in total. The van der Waals surface area contributed by atoms with Gasteiger partial charge in [-0.2, -0.15) is 5.10 Å². The van der Waals surface area contributed by atoms with E-state index in [9.17, 15) is 4.79 Å². The fourth-order valence-corrected chi connectivity index (χ4v) is 1.68. The number of hydrogen-bond acceptors (Lipinski definition) is 5. The molecule has 1 aromatic heterocycles. The van der Waals surface area contributed by atoms with Gasteiger partial charge < -0.3 is 0 Å². The molecule has 2 aromatic rings. The molecule has 110 valence electrons. The molecule has 0 spiro atoms. The van der Waals surface area contributed by atoms with Crippen LogP contribution in [0.5, 0.6) is 0 Å². The second-order valence-electron chi connectivity index (χ2n) is 5.83. The maximum absolute atomic E-state index is 11.4. The molecule has 2 rings (SSSR count). The molecule has 0 radical (unpaired) electrons. The predicted octanol–water partition coefficient (Wildman–Crippen LogP) is 2.22. The second kappa shape index (κ2) is 5.87. The zero-order chi connectivity index (χ0) is 15.5. The van der Waals surface area contributed by atoms with Crippen molar-refractivity contribution in [3.63, 3.8) is 0 Å². The van der Waals surface area contributed by atoms with E-state index in [2.05, 4.69) is 58.6 Å². The lowest BCUT2D eigenvalue weighted by Gasteiger charge is -2.18. The first-order valence-corrected chi connectivity index (χ1v) is 6.69. The number of nitrogens with zero attached hydrogens (tertiary/aromatic N) is 3. The third-order valence-corrected chi connectivity index (χ3v) is 3.02. The van der Waals surface area contributed by atoms with E-state index in [1.54, 1.807) is 13.1 Å². The Balaban J connectivity index is 2.04. The molecule has 6 heteroatoms. The Bertz CT molecular complexity index is 695. The largest absolute Gasteiger partial charge is 0.288 e. The molecule has 0 bridgehead atoms. The minimum Gasteiger partial charge on any atom is -0.288 e. The third-order valence-electron chi connectivity index (χ3n) is 3.02. The van der Waals surface area contributed by atoms with Crippen LogP contribution in [0.25, 0.3) is 0 Å². The minimum atomic E-state index is -0.280. The van der Waals surface area contributed by atoms with Crippen molar-refractivity contribution in [3.05, 3.63) is 51.4 Å². The molecule has 0 fully saturated rings. The van der Waals surface area contributed by atoms with Gasteiger partial charge in [0.1, 0.15) is 5.69 Å². The van der Waals surface area contributed by atoms with Gasteiger partial charge in [0.25, 0.3) is 5.56 Å². The number of nitrogens with one attached hydrogen (secondary N) is 2. The molecular weight excluding hydrogens is 266 g/mol. The Morgan fingerprint density at radius 3 is 2.43 bits per heavy atom. The summed E-state index contributed by atoms with van der Waals surface area (Å²) in [5.74, 6) is 0.216. The number of aromatic nitrogens is 3. The Morgan fingerprint density at radius 2 is 1.86 bits per heavy atom. The lowest BCUT2D eigenvalue weighted by atomic mass is 9.87. The van der Waals surface area contributed by atoms with Gasteiger partial charge in [-0.3, -0.25) is 9.78 Å². The summed E-state index contributed by atoms with van der Waals surface area (Å²) in [6, 6.07) is 8.15. The average molecular weight is 285 g/mol. The van der Waals surface area contributed by atoms with Crippen molar-refractivity contribution in [1.29, 1.82) is 0 Å². The fourth-order valence-electron chi connectivity index (χ4n) is 1.68. The van der Waals surface area contributed by atoms with Crippen molar-refractivity contribution in [2.45, 2.75) is 33.1 Å². The molecule has 0 unspecified atom stereocenters. The molecule has 0 aliphatic rings. The van der Waals surface area contributed by atoms with Crippen molar-refractivity contribution < 1.29 is 0 Å². The van der Waals surface area contributed by atoms with E-state index in [1.807, 2.05) is 12.1 Å². The first-order valence-electron chi connectivity index (χ1n) is 6.69. The van der Waals surface area contributed by atoms with Gasteiger partial charge in [-0.1, -0.05) is 45.0 Å². The number of H-pyrrole nitrogens is 1. The number of anilines is 1. The SMILES string of the molecule is Cc1nnc(NN=Cc2ccc(C(C)(C)C)cc2)[nH]c1=O. The lowest BCUT2D eigenvalue weighted by Crippen LogP contribution is -2.15. The van der Waals surface area contributed by atoms with Gasteiger partial charge in [0.05, 0.1) is 6.21 Å². The first-order chi connectivity index (χ1) is 9.86. The smallest absolute Gasteiger partial charge is 0.274 e. The van der Waals surface area contributed by atoms with Crippen molar-refractivity contribution in [2.24, 2.45) is 5.10 Å². The van der Waals surface area contributed by atoms with Gasteiger partial charge in [-0.05, 0) is 23.5 Å². The highest BCUT2D eigenvalue weighted by Gasteiger charge is 2.12.